The molecule has 25 heavy (non-hydrogen) atoms. The Bertz CT molecular complexity index is 891. The Morgan fingerprint density at radius 1 is 1.20 bits per heavy atom. The summed E-state index contributed by atoms with van der Waals surface area (Å²) >= 11 is 0. The molecule has 4 rings (SSSR count). The van der Waals surface area contributed by atoms with Gasteiger partial charge in [0.05, 0.1) is 11.1 Å². The van der Waals surface area contributed by atoms with E-state index in [2.05, 4.69) is 11.8 Å². The zero-order chi connectivity index (χ0) is 17.6. The molecule has 132 valence electrons. The highest BCUT2D eigenvalue weighted by molar-refractivity contribution is 5.79. The second kappa shape index (κ2) is 5.88. The molecular formula is C19H23N3O3. The lowest BCUT2D eigenvalue weighted by Crippen LogP contribution is -2.60. The van der Waals surface area contributed by atoms with Gasteiger partial charge >= 0.3 is 6.09 Å². The van der Waals surface area contributed by atoms with Crippen molar-refractivity contribution >= 4 is 17.0 Å². The Hall–Kier alpha value is -2.34. The molecule has 1 atom stereocenters. The lowest BCUT2D eigenvalue weighted by Gasteiger charge is -2.44. The van der Waals surface area contributed by atoms with Crippen molar-refractivity contribution < 1.29 is 9.53 Å². The fourth-order valence-corrected chi connectivity index (χ4v) is 4.12. The average Bonchev–Trinajstić information content (AvgIpc) is 2.96. The van der Waals surface area contributed by atoms with Gasteiger partial charge < -0.3 is 9.30 Å². The molecule has 1 amide bonds. The Morgan fingerprint density at radius 2 is 2.00 bits per heavy atom. The number of hydrogen-bond donors (Lipinski definition) is 0. The second-order valence-corrected chi connectivity index (χ2v) is 7.09. The van der Waals surface area contributed by atoms with Crippen LogP contribution in [0.5, 0.6) is 0 Å². The van der Waals surface area contributed by atoms with Gasteiger partial charge in [-0.15, -0.1) is 0 Å². The summed E-state index contributed by atoms with van der Waals surface area (Å²) in [5.74, 6) is 0. The van der Waals surface area contributed by atoms with Crippen LogP contribution in [0.25, 0.3) is 10.9 Å². The molecule has 6 heteroatoms. The van der Waals surface area contributed by atoms with Crippen LogP contribution in [-0.4, -0.2) is 52.2 Å². The molecule has 2 fully saturated rings. The number of rotatable bonds is 3. The monoisotopic (exact) mass is 341 g/mol. The number of pyridine rings is 1. The molecule has 0 spiro atoms. The minimum Gasteiger partial charge on any atom is -0.447 e. The van der Waals surface area contributed by atoms with E-state index in [1.807, 2.05) is 42.3 Å². The summed E-state index contributed by atoms with van der Waals surface area (Å²) < 4.78 is 7.01. The molecule has 1 aromatic carbocycles. The van der Waals surface area contributed by atoms with Crippen LogP contribution in [0.2, 0.25) is 0 Å². The lowest BCUT2D eigenvalue weighted by molar-refractivity contribution is 0.0447. The minimum absolute atomic E-state index is 0.0467. The molecule has 0 aliphatic carbocycles. The van der Waals surface area contributed by atoms with Crippen LogP contribution in [0.3, 0.4) is 0 Å². The highest BCUT2D eigenvalue weighted by atomic mass is 16.6. The summed E-state index contributed by atoms with van der Waals surface area (Å²) in [6.45, 7) is 5.28. The molecule has 0 bridgehead atoms. The molecule has 6 nitrogen and oxygen atoms in total. The number of ether oxygens (including phenoxy) is 1. The van der Waals surface area contributed by atoms with Gasteiger partial charge in [0, 0.05) is 38.8 Å². The third-order valence-electron chi connectivity index (χ3n) is 5.67. The first-order chi connectivity index (χ1) is 12.0. The van der Waals surface area contributed by atoms with Gasteiger partial charge in [0.1, 0.15) is 6.61 Å². The van der Waals surface area contributed by atoms with Crippen LogP contribution < -0.4 is 5.56 Å². The van der Waals surface area contributed by atoms with Crippen molar-refractivity contribution in [2.45, 2.75) is 25.4 Å². The van der Waals surface area contributed by atoms with Gasteiger partial charge in [-0.1, -0.05) is 25.1 Å². The van der Waals surface area contributed by atoms with Gasteiger partial charge in [0.2, 0.25) is 0 Å². The maximum Gasteiger partial charge on any atom is 0.410 e. The van der Waals surface area contributed by atoms with Crippen molar-refractivity contribution in [3.8, 4) is 0 Å². The van der Waals surface area contributed by atoms with Crippen molar-refractivity contribution in [2.75, 3.05) is 26.2 Å². The van der Waals surface area contributed by atoms with Gasteiger partial charge in [0.25, 0.3) is 5.56 Å². The van der Waals surface area contributed by atoms with E-state index in [0.29, 0.717) is 19.7 Å². The number of para-hydroxylation sites is 1. The Morgan fingerprint density at radius 3 is 2.80 bits per heavy atom. The normalized spacial score (nSPS) is 23.8. The van der Waals surface area contributed by atoms with Gasteiger partial charge in [0.15, 0.2) is 0 Å². The number of aryl methyl sites for hydroxylation is 1. The van der Waals surface area contributed by atoms with Crippen molar-refractivity contribution in [1.29, 1.82) is 0 Å². The first-order valence-electron chi connectivity index (χ1n) is 8.78. The Kier molecular flexibility index (Phi) is 3.80. The van der Waals surface area contributed by atoms with Crippen LogP contribution in [0.4, 0.5) is 4.79 Å². The molecular weight excluding hydrogens is 318 g/mol. The number of hydrogen-bond acceptors (Lipinski definition) is 4. The summed E-state index contributed by atoms with van der Waals surface area (Å²) in [5.41, 5.74) is 1.54. The SMILES string of the molecule is CCC12COC(=O)N1CCN(Cc1cc3ccccc3n(C)c1=O)C2. The van der Waals surface area contributed by atoms with Gasteiger partial charge in [-0.2, -0.15) is 0 Å². The standard InChI is InChI=1S/C19H23N3O3/c1-3-19-12-21(8-9-22(19)18(24)25-13-19)11-15-10-14-6-4-5-7-16(14)20(2)17(15)23/h4-7,10H,3,8-9,11-13H2,1-2H3. The fraction of sp³-hybridized carbons (Fsp3) is 0.474. The van der Waals surface area contributed by atoms with E-state index in [1.54, 1.807) is 4.57 Å². The predicted octanol–water partition coefficient (Wildman–Crippen LogP) is 1.96. The van der Waals surface area contributed by atoms with Crippen LogP contribution in [0.1, 0.15) is 18.9 Å². The number of fused-ring (bicyclic) bond motifs is 2. The number of aromatic nitrogens is 1. The molecule has 2 aliphatic heterocycles. The number of benzene rings is 1. The van der Waals surface area contributed by atoms with Crippen molar-refractivity contribution in [3.05, 3.63) is 46.2 Å². The Balaban J connectivity index is 1.63. The summed E-state index contributed by atoms with van der Waals surface area (Å²) in [6, 6.07) is 9.94. The van der Waals surface area contributed by atoms with E-state index in [1.165, 1.54) is 0 Å². The van der Waals surface area contributed by atoms with E-state index < -0.39 is 0 Å². The first-order valence-corrected chi connectivity index (χ1v) is 8.78. The van der Waals surface area contributed by atoms with Crippen molar-refractivity contribution in [3.63, 3.8) is 0 Å². The number of nitrogens with zero attached hydrogens (tertiary/aromatic N) is 3. The van der Waals surface area contributed by atoms with Gasteiger partial charge in [-0.3, -0.25) is 14.6 Å². The summed E-state index contributed by atoms with van der Waals surface area (Å²) in [5, 5.41) is 1.07. The summed E-state index contributed by atoms with van der Waals surface area (Å²) in [4.78, 5) is 28.8. The second-order valence-electron chi connectivity index (χ2n) is 7.09. The van der Waals surface area contributed by atoms with E-state index in [9.17, 15) is 9.59 Å². The van der Waals surface area contributed by atoms with E-state index in [0.717, 1.165) is 36.0 Å². The molecule has 2 aliphatic rings. The molecule has 1 unspecified atom stereocenters. The van der Waals surface area contributed by atoms with Crippen molar-refractivity contribution in [2.24, 2.45) is 7.05 Å². The molecule has 1 aromatic heterocycles. The van der Waals surface area contributed by atoms with E-state index >= 15 is 0 Å². The largest absolute Gasteiger partial charge is 0.447 e. The molecule has 0 saturated carbocycles. The molecule has 0 N–H and O–H groups in total. The van der Waals surface area contributed by atoms with Crippen LogP contribution in [0.15, 0.2) is 35.1 Å². The molecule has 0 radical (unpaired) electrons. The third kappa shape index (κ3) is 2.52. The van der Waals surface area contributed by atoms with Gasteiger partial charge in [-0.25, -0.2) is 4.79 Å². The number of cyclic esters (lactones) is 1. The minimum atomic E-state index is -0.253. The topological polar surface area (TPSA) is 54.8 Å². The smallest absolute Gasteiger partial charge is 0.410 e. The van der Waals surface area contributed by atoms with Crippen LogP contribution in [0, 0.1) is 0 Å². The Labute approximate surface area is 146 Å². The lowest BCUT2D eigenvalue weighted by atomic mass is 9.92. The quantitative estimate of drug-likeness (QED) is 0.856. The number of piperazine rings is 1. The highest BCUT2D eigenvalue weighted by Crippen LogP contribution is 2.32. The maximum atomic E-state index is 12.7. The zero-order valence-corrected chi connectivity index (χ0v) is 14.7. The van der Waals surface area contributed by atoms with Crippen LogP contribution in [-0.2, 0) is 18.3 Å². The average molecular weight is 341 g/mol. The maximum absolute atomic E-state index is 12.7. The number of carbonyl (C=O) groups excluding carboxylic acids is 1. The molecule has 2 saturated heterocycles. The van der Waals surface area contributed by atoms with E-state index in [4.69, 9.17) is 4.74 Å². The van der Waals surface area contributed by atoms with Gasteiger partial charge in [-0.05, 0) is 23.9 Å². The number of carbonyl (C=O) groups is 1. The predicted molar refractivity (Wildman–Crippen MR) is 95.5 cm³/mol. The van der Waals surface area contributed by atoms with Crippen LogP contribution >= 0.6 is 0 Å². The third-order valence-corrected chi connectivity index (χ3v) is 5.67. The number of amides is 1. The first kappa shape index (κ1) is 16.1. The van der Waals surface area contributed by atoms with E-state index in [-0.39, 0.29) is 17.2 Å². The molecule has 3 heterocycles. The fourth-order valence-electron chi connectivity index (χ4n) is 4.12. The zero-order valence-electron chi connectivity index (χ0n) is 14.7. The summed E-state index contributed by atoms with van der Waals surface area (Å²) in [6.07, 6.45) is 0.647. The highest BCUT2D eigenvalue weighted by Gasteiger charge is 2.49. The molecule has 2 aromatic rings. The summed E-state index contributed by atoms with van der Waals surface area (Å²) in [7, 11) is 1.82. The van der Waals surface area contributed by atoms with Crippen molar-refractivity contribution in [1.82, 2.24) is 14.4 Å².